The van der Waals surface area contributed by atoms with Gasteiger partial charge in [-0.2, -0.15) is 0 Å². The summed E-state index contributed by atoms with van der Waals surface area (Å²) in [4.78, 5) is 4.66. The molecule has 5 nitrogen and oxygen atoms in total. The van der Waals surface area contributed by atoms with E-state index in [0.29, 0.717) is 24.4 Å². The molecule has 0 spiro atoms. The lowest BCUT2D eigenvalue weighted by atomic mass is 9.94. The van der Waals surface area contributed by atoms with Gasteiger partial charge in [0.15, 0.2) is 5.96 Å². The fourth-order valence-corrected chi connectivity index (χ4v) is 2.36. The molecule has 1 unspecified atom stereocenters. The van der Waals surface area contributed by atoms with Crippen LogP contribution in [0, 0.1) is 17.8 Å². The van der Waals surface area contributed by atoms with Crippen molar-refractivity contribution in [1.29, 1.82) is 0 Å². The second kappa shape index (κ2) is 14.8. The average molecular weight is 330 g/mol. The molecule has 0 amide bonds. The summed E-state index contributed by atoms with van der Waals surface area (Å²) in [7, 11) is 0. The largest absolute Gasteiger partial charge is 0.396 e. The second-order valence-corrected chi connectivity index (χ2v) is 6.95. The number of nitrogens with one attached hydrogen (secondary N) is 2. The summed E-state index contributed by atoms with van der Waals surface area (Å²) in [6.45, 7) is 15.0. The van der Waals surface area contributed by atoms with Crippen molar-refractivity contribution in [1.82, 2.24) is 10.6 Å². The summed E-state index contributed by atoms with van der Waals surface area (Å²) in [6, 6.07) is 0. The van der Waals surface area contributed by atoms with Crippen LogP contribution < -0.4 is 10.6 Å². The van der Waals surface area contributed by atoms with Crippen LogP contribution in [0.15, 0.2) is 4.99 Å². The number of ether oxygens (including phenoxy) is 1. The van der Waals surface area contributed by atoms with Gasteiger partial charge in [-0.05, 0) is 43.9 Å². The molecule has 138 valence electrons. The molecule has 0 fully saturated rings. The third-order valence-corrected chi connectivity index (χ3v) is 3.57. The van der Waals surface area contributed by atoms with Gasteiger partial charge in [-0.1, -0.05) is 27.7 Å². The quantitative estimate of drug-likeness (QED) is 0.276. The normalized spacial score (nSPS) is 13.7. The van der Waals surface area contributed by atoms with Crippen molar-refractivity contribution in [2.24, 2.45) is 22.7 Å². The first-order chi connectivity index (χ1) is 11.0. The van der Waals surface area contributed by atoms with E-state index >= 15 is 0 Å². The van der Waals surface area contributed by atoms with Gasteiger partial charge in [-0.15, -0.1) is 0 Å². The number of aliphatic hydroxyl groups excluding tert-OH is 1. The third-order valence-electron chi connectivity index (χ3n) is 3.57. The van der Waals surface area contributed by atoms with Gasteiger partial charge >= 0.3 is 0 Å². The highest BCUT2D eigenvalue weighted by molar-refractivity contribution is 5.79. The molecular weight excluding hydrogens is 290 g/mol. The third kappa shape index (κ3) is 14.5. The first-order valence-electron chi connectivity index (χ1n) is 9.20. The van der Waals surface area contributed by atoms with Crippen LogP contribution in [0.3, 0.4) is 0 Å². The Balaban J connectivity index is 4.14. The predicted molar refractivity (Wildman–Crippen MR) is 98.9 cm³/mol. The molecule has 0 radical (unpaired) electrons. The van der Waals surface area contributed by atoms with Gasteiger partial charge in [0.05, 0.1) is 6.61 Å². The Morgan fingerprint density at radius 2 is 1.78 bits per heavy atom. The summed E-state index contributed by atoms with van der Waals surface area (Å²) in [6.07, 6.45) is 3.02. The number of aliphatic hydroxyl groups is 1. The maximum atomic E-state index is 9.18. The van der Waals surface area contributed by atoms with Gasteiger partial charge in [-0.25, -0.2) is 0 Å². The van der Waals surface area contributed by atoms with E-state index in [1.54, 1.807) is 0 Å². The maximum Gasteiger partial charge on any atom is 0.191 e. The zero-order valence-corrected chi connectivity index (χ0v) is 15.9. The number of rotatable bonds is 13. The molecule has 0 saturated heterocycles. The molecule has 1 atom stereocenters. The molecule has 0 rings (SSSR count). The van der Waals surface area contributed by atoms with Gasteiger partial charge < -0.3 is 20.5 Å². The highest BCUT2D eigenvalue weighted by Gasteiger charge is 2.10. The molecule has 23 heavy (non-hydrogen) atoms. The zero-order valence-electron chi connectivity index (χ0n) is 15.9. The number of nitrogens with zero attached hydrogens (tertiary/aromatic N) is 1. The van der Waals surface area contributed by atoms with Crippen LogP contribution in [0.2, 0.25) is 0 Å². The SMILES string of the molecule is CCNC(=NCC(CCO)CC(C)C)NCCOCCC(C)C. The first-order valence-corrected chi connectivity index (χ1v) is 9.20. The lowest BCUT2D eigenvalue weighted by Crippen LogP contribution is -2.39. The van der Waals surface area contributed by atoms with Crippen LogP contribution in [0.4, 0.5) is 0 Å². The lowest BCUT2D eigenvalue weighted by molar-refractivity contribution is 0.128. The van der Waals surface area contributed by atoms with Crippen molar-refractivity contribution in [3.05, 3.63) is 0 Å². The van der Waals surface area contributed by atoms with Crippen LogP contribution in [-0.4, -0.2) is 50.5 Å². The van der Waals surface area contributed by atoms with Gasteiger partial charge in [0.2, 0.25) is 0 Å². The van der Waals surface area contributed by atoms with E-state index < -0.39 is 0 Å². The topological polar surface area (TPSA) is 65.9 Å². The maximum absolute atomic E-state index is 9.18. The number of aliphatic imine (C=N–C) groups is 1. The van der Waals surface area contributed by atoms with Crippen molar-refractivity contribution in [3.8, 4) is 0 Å². The van der Waals surface area contributed by atoms with Crippen LogP contribution >= 0.6 is 0 Å². The number of guanidine groups is 1. The van der Waals surface area contributed by atoms with E-state index in [1.807, 2.05) is 0 Å². The smallest absolute Gasteiger partial charge is 0.191 e. The Kier molecular flexibility index (Phi) is 14.2. The summed E-state index contributed by atoms with van der Waals surface area (Å²) in [5.74, 6) is 2.60. The molecule has 0 saturated carbocycles. The monoisotopic (exact) mass is 329 g/mol. The molecule has 0 bridgehead atoms. The van der Waals surface area contributed by atoms with Crippen molar-refractivity contribution < 1.29 is 9.84 Å². The molecular formula is C18H39N3O2. The zero-order chi connectivity index (χ0) is 17.5. The Morgan fingerprint density at radius 3 is 2.35 bits per heavy atom. The predicted octanol–water partition coefficient (Wildman–Crippen LogP) is 2.65. The summed E-state index contributed by atoms with van der Waals surface area (Å²) in [5, 5.41) is 15.8. The Bertz CT molecular complexity index is 294. The highest BCUT2D eigenvalue weighted by Crippen LogP contribution is 2.15. The Morgan fingerprint density at radius 1 is 1.04 bits per heavy atom. The van der Waals surface area contributed by atoms with Crippen LogP contribution in [0.25, 0.3) is 0 Å². The van der Waals surface area contributed by atoms with Crippen molar-refractivity contribution >= 4 is 5.96 Å². The molecule has 0 aliphatic carbocycles. The van der Waals surface area contributed by atoms with Crippen molar-refractivity contribution in [2.45, 2.75) is 53.9 Å². The molecule has 3 N–H and O–H groups in total. The summed E-state index contributed by atoms with van der Waals surface area (Å²) >= 11 is 0. The molecule has 5 heteroatoms. The first kappa shape index (κ1) is 22.2. The molecule has 0 aromatic carbocycles. The van der Waals surface area contributed by atoms with Crippen molar-refractivity contribution in [3.63, 3.8) is 0 Å². The summed E-state index contributed by atoms with van der Waals surface area (Å²) < 4.78 is 5.61. The minimum Gasteiger partial charge on any atom is -0.396 e. The molecule has 0 aromatic rings. The van der Waals surface area contributed by atoms with Gasteiger partial charge in [-0.3, -0.25) is 4.99 Å². The molecule has 0 aromatic heterocycles. The van der Waals surface area contributed by atoms with Gasteiger partial charge in [0, 0.05) is 32.8 Å². The van der Waals surface area contributed by atoms with E-state index in [4.69, 9.17) is 4.74 Å². The Labute approximate surface area is 143 Å². The fraction of sp³-hybridized carbons (Fsp3) is 0.944. The van der Waals surface area contributed by atoms with Crippen LogP contribution in [0.5, 0.6) is 0 Å². The highest BCUT2D eigenvalue weighted by atomic mass is 16.5. The minimum absolute atomic E-state index is 0.237. The number of hydrogen-bond acceptors (Lipinski definition) is 3. The van der Waals surface area contributed by atoms with Gasteiger partial charge in [0.25, 0.3) is 0 Å². The van der Waals surface area contributed by atoms with E-state index in [1.165, 1.54) is 0 Å². The van der Waals surface area contributed by atoms with Crippen LogP contribution in [-0.2, 0) is 4.74 Å². The Hall–Kier alpha value is -0.810. The molecule has 0 aliphatic heterocycles. The van der Waals surface area contributed by atoms with Crippen molar-refractivity contribution in [2.75, 3.05) is 39.5 Å². The molecule has 0 heterocycles. The summed E-state index contributed by atoms with van der Waals surface area (Å²) in [5.41, 5.74) is 0. The average Bonchev–Trinajstić information content (AvgIpc) is 2.47. The molecule has 0 aliphatic rings. The van der Waals surface area contributed by atoms with E-state index in [9.17, 15) is 5.11 Å². The van der Waals surface area contributed by atoms with Crippen LogP contribution in [0.1, 0.15) is 53.9 Å². The fourth-order valence-electron chi connectivity index (χ4n) is 2.36. The standard InChI is InChI=1S/C18H39N3O2/c1-6-19-18(20-9-12-23-11-8-15(2)3)21-14-17(7-10-22)13-16(4)5/h15-17,22H,6-14H2,1-5H3,(H2,19,20,21). The van der Waals surface area contributed by atoms with E-state index in [-0.39, 0.29) is 6.61 Å². The second-order valence-electron chi connectivity index (χ2n) is 6.95. The van der Waals surface area contributed by atoms with Gasteiger partial charge in [0.1, 0.15) is 0 Å². The number of hydrogen-bond donors (Lipinski definition) is 3. The lowest BCUT2D eigenvalue weighted by Gasteiger charge is -2.17. The van der Waals surface area contributed by atoms with E-state index in [2.05, 4.69) is 50.2 Å². The van der Waals surface area contributed by atoms with E-state index in [0.717, 1.165) is 51.5 Å². The minimum atomic E-state index is 0.237.